The molecular formula is C7H8F4N2. The molecule has 0 saturated carbocycles. The topological polar surface area (TPSA) is 17.8 Å². The van der Waals surface area contributed by atoms with E-state index in [2.05, 4.69) is 5.10 Å². The lowest BCUT2D eigenvalue weighted by molar-refractivity contribution is -0.139. The molecule has 0 N–H and O–H groups in total. The maximum atomic E-state index is 12.4. The number of aryl methyl sites for hydroxylation is 1. The van der Waals surface area contributed by atoms with Gasteiger partial charge in [0.25, 0.3) is 0 Å². The maximum absolute atomic E-state index is 12.4. The second-order valence-electron chi connectivity index (χ2n) is 2.72. The van der Waals surface area contributed by atoms with Crippen LogP contribution in [0.15, 0.2) is 12.3 Å². The quantitative estimate of drug-likeness (QED) is 0.677. The van der Waals surface area contributed by atoms with Gasteiger partial charge in [0.05, 0.1) is 5.69 Å². The zero-order valence-electron chi connectivity index (χ0n) is 6.85. The Bertz CT molecular complexity index is 282. The zero-order chi connectivity index (χ0) is 10.1. The van der Waals surface area contributed by atoms with Crippen LogP contribution in [-0.4, -0.2) is 22.1 Å². The number of alkyl halides is 4. The van der Waals surface area contributed by atoms with Gasteiger partial charge in [-0.05, 0) is 13.0 Å². The summed E-state index contributed by atoms with van der Waals surface area (Å²) in [5.74, 6) is -4.02. The fourth-order valence-corrected chi connectivity index (χ4v) is 0.836. The highest BCUT2D eigenvalue weighted by atomic mass is 19.3. The Hall–Kier alpha value is -1.07. The number of hydrogen-bond donors (Lipinski definition) is 0. The standard InChI is InChI=1S/C7H8F4N2/c1-5-2-3-13(12-5)4-7(10,11)6(8)9/h2-3,6H,4H2,1H3. The molecule has 1 aromatic heterocycles. The summed E-state index contributed by atoms with van der Waals surface area (Å²) in [6.07, 6.45) is -2.41. The van der Waals surface area contributed by atoms with Crippen molar-refractivity contribution in [3.05, 3.63) is 18.0 Å². The Balaban J connectivity index is 2.68. The highest BCUT2D eigenvalue weighted by Crippen LogP contribution is 2.24. The third-order valence-corrected chi connectivity index (χ3v) is 1.47. The minimum atomic E-state index is -4.02. The van der Waals surface area contributed by atoms with Gasteiger partial charge in [-0.25, -0.2) is 8.78 Å². The first-order valence-corrected chi connectivity index (χ1v) is 3.58. The Morgan fingerprint density at radius 3 is 2.54 bits per heavy atom. The second-order valence-corrected chi connectivity index (χ2v) is 2.72. The summed E-state index contributed by atoms with van der Waals surface area (Å²) in [6, 6.07) is 1.47. The van der Waals surface area contributed by atoms with Gasteiger partial charge in [0, 0.05) is 6.20 Å². The van der Waals surface area contributed by atoms with Gasteiger partial charge in [0.15, 0.2) is 0 Å². The molecule has 0 saturated heterocycles. The summed E-state index contributed by atoms with van der Waals surface area (Å²) in [4.78, 5) is 0. The number of halogens is 4. The molecule has 1 aromatic rings. The van der Waals surface area contributed by atoms with Gasteiger partial charge in [-0.1, -0.05) is 0 Å². The summed E-state index contributed by atoms with van der Waals surface area (Å²) in [6.45, 7) is 0.509. The summed E-state index contributed by atoms with van der Waals surface area (Å²) in [7, 11) is 0. The van der Waals surface area contributed by atoms with Crippen molar-refractivity contribution in [3.63, 3.8) is 0 Å². The maximum Gasteiger partial charge on any atom is 0.326 e. The van der Waals surface area contributed by atoms with Crippen molar-refractivity contribution in [1.82, 2.24) is 9.78 Å². The average Bonchev–Trinajstić information content (AvgIpc) is 2.34. The SMILES string of the molecule is Cc1ccn(CC(F)(F)C(F)F)n1. The molecular weight excluding hydrogens is 188 g/mol. The molecule has 74 valence electrons. The Morgan fingerprint density at radius 2 is 2.15 bits per heavy atom. The van der Waals surface area contributed by atoms with Gasteiger partial charge >= 0.3 is 12.3 Å². The molecule has 2 nitrogen and oxygen atoms in total. The van der Waals surface area contributed by atoms with Crippen molar-refractivity contribution in [1.29, 1.82) is 0 Å². The van der Waals surface area contributed by atoms with Crippen LogP contribution in [0.1, 0.15) is 5.69 Å². The molecule has 1 heterocycles. The first kappa shape index (κ1) is 10.0. The monoisotopic (exact) mass is 196 g/mol. The summed E-state index contributed by atoms with van der Waals surface area (Å²) >= 11 is 0. The van der Waals surface area contributed by atoms with Crippen LogP contribution in [0.25, 0.3) is 0 Å². The molecule has 0 unspecified atom stereocenters. The largest absolute Gasteiger partial charge is 0.326 e. The summed E-state index contributed by atoms with van der Waals surface area (Å²) in [5, 5.41) is 3.58. The van der Waals surface area contributed by atoms with E-state index in [9.17, 15) is 17.6 Å². The van der Waals surface area contributed by atoms with E-state index in [4.69, 9.17) is 0 Å². The zero-order valence-corrected chi connectivity index (χ0v) is 6.85. The second kappa shape index (κ2) is 3.35. The van der Waals surface area contributed by atoms with Crippen LogP contribution >= 0.6 is 0 Å². The number of rotatable bonds is 3. The molecule has 0 fully saturated rings. The lowest BCUT2D eigenvalue weighted by Crippen LogP contribution is -2.32. The first-order chi connectivity index (χ1) is 5.92. The smallest absolute Gasteiger partial charge is 0.266 e. The van der Waals surface area contributed by atoms with Crippen LogP contribution in [0.3, 0.4) is 0 Å². The van der Waals surface area contributed by atoms with Gasteiger partial charge in [-0.3, -0.25) is 4.68 Å². The van der Waals surface area contributed by atoms with Crippen LogP contribution < -0.4 is 0 Å². The van der Waals surface area contributed by atoms with Crippen LogP contribution in [0.2, 0.25) is 0 Å². The van der Waals surface area contributed by atoms with Crippen molar-refractivity contribution in [2.45, 2.75) is 25.8 Å². The third-order valence-electron chi connectivity index (χ3n) is 1.47. The molecule has 0 amide bonds. The summed E-state index contributed by atoms with van der Waals surface area (Å²) in [5.41, 5.74) is 0.519. The average molecular weight is 196 g/mol. The van der Waals surface area contributed by atoms with Crippen LogP contribution in [0, 0.1) is 6.92 Å². The molecule has 0 radical (unpaired) electrons. The van der Waals surface area contributed by atoms with Crippen molar-refractivity contribution in [2.24, 2.45) is 0 Å². The summed E-state index contributed by atoms with van der Waals surface area (Å²) < 4.78 is 49.1. The minimum absolute atomic E-state index is 0.519. The van der Waals surface area contributed by atoms with E-state index >= 15 is 0 Å². The minimum Gasteiger partial charge on any atom is -0.266 e. The normalized spacial score (nSPS) is 12.5. The van der Waals surface area contributed by atoms with E-state index < -0.39 is 18.9 Å². The van der Waals surface area contributed by atoms with E-state index in [1.807, 2.05) is 0 Å². The van der Waals surface area contributed by atoms with E-state index in [0.717, 1.165) is 4.68 Å². The molecule has 0 spiro atoms. The van der Waals surface area contributed by atoms with Crippen molar-refractivity contribution < 1.29 is 17.6 Å². The fourth-order valence-electron chi connectivity index (χ4n) is 0.836. The van der Waals surface area contributed by atoms with E-state index in [-0.39, 0.29) is 0 Å². The van der Waals surface area contributed by atoms with Crippen molar-refractivity contribution in [2.75, 3.05) is 0 Å². The predicted octanol–water partition coefficient (Wildman–Crippen LogP) is 2.09. The molecule has 0 aliphatic rings. The molecule has 0 aliphatic carbocycles. The fraction of sp³-hybridized carbons (Fsp3) is 0.571. The highest BCUT2D eigenvalue weighted by molar-refractivity contribution is 4.95. The lowest BCUT2D eigenvalue weighted by atomic mass is 10.3. The predicted molar refractivity (Wildman–Crippen MR) is 37.9 cm³/mol. The molecule has 0 aromatic carbocycles. The molecule has 1 rings (SSSR count). The highest BCUT2D eigenvalue weighted by Gasteiger charge is 2.41. The van der Waals surface area contributed by atoms with Crippen LogP contribution in [0.5, 0.6) is 0 Å². The Kier molecular flexibility index (Phi) is 2.58. The van der Waals surface area contributed by atoms with Gasteiger partial charge in [-0.2, -0.15) is 13.9 Å². The van der Waals surface area contributed by atoms with Crippen LogP contribution in [-0.2, 0) is 6.54 Å². The number of hydrogen-bond acceptors (Lipinski definition) is 1. The first-order valence-electron chi connectivity index (χ1n) is 3.58. The van der Waals surface area contributed by atoms with Crippen molar-refractivity contribution in [3.8, 4) is 0 Å². The Labute approximate surface area is 72.2 Å². The molecule has 13 heavy (non-hydrogen) atoms. The number of nitrogens with zero attached hydrogens (tertiary/aromatic N) is 2. The van der Waals surface area contributed by atoms with Gasteiger partial charge in [-0.15, -0.1) is 0 Å². The lowest BCUT2D eigenvalue weighted by Gasteiger charge is -2.14. The van der Waals surface area contributed by atoms with E-state index in [0.29, 0.717) is 5.69 Å². The van der Waals surface area contributed by atoms with Gasteiger partial charge < -0.3 is 0 Å². The molecule has 0 atom stereocenters. The van der Waals surface area contributed by atoms with E-state index in [1.54, 1.807) is 6.92 Å². The van der Waals surface area contributed by atoms with Crippen LogP contribution in [0.4, 0.5) is 17.6 Å². The molecule has 0 bridgehead atoms. The van der Waals surface area contributed by atoms with E-state index in [1.165, 1.54) is 12.3 Å². The Morgan fingerprint density at radius 1 is 1.54 bits per heavy atom. The van der Waals surface area contributed by atoms with Gasteiger partial charge in [0.2, 0.25) is 0 Å². The van der Waals surface area contributed by atoms with Crippen molar-refractivity contribution >= 4 is 0 Å². The van der Waals surface area contributed by atoms with Gasteiger partial charge in [0.1, 0.15) is 6.54 Å². The molecule has 6 heteroatoms. The third kappa shape index (κ3) is 2.43. The molecule has 0 aliphatic heterocycles. The number of aromatic nitrogens is 2.